The van der Waals surface area contributed by atoms with Crippen molar-refractivity contribution in [2.75, 3.05) is 6.61 Å². The molecule has 161 valence electrons. The predicted molar refractivity (Wildman–Crippen MR) is 111 cm³/mol. The van der Waals surface area contributed by atoms with Gasteiger partial charge in [-0.3, -0.25) is 9.59 Å². The van der Waals surface area contributed by atoms with Gasteiger partial charge in [-0.05, 0) is 31.0 Å². The van der Waals surface area contributed by atoms with Crippen molar-refractivity contribution in [3.63, 3.8) is 0 Å². The second kappa shape index (κ2) is 15.5. The van der Waals surface area contributed by atoms with Gasteiger partial charge in [0.1, 0.15) is 5.75 Å². The van der Waals surface area contributed by atoms with Crippen LogP contribution in [0.1, 0.15) is 99.4 Å². The van der Waals surface area contributed by atoms with Crippen LogP contribution in [0.25, 0.3) is 0 Å². The second-order valence-corrected chi connectivity index (χ2v) is 7.39. The molecule has 1 radical (unpaired) electrons. The molecule has 0 saturated carbocycles. The van der Waals surface area contributed by atoms with E-state index in [1.165, 1.54) is 56.7 Å². The molecule has 0 aliphatic rings. The molecular formula is C23H33O6. The minimum Gasteiger partial charge on any atom is -0.494 e. The Morgan fingerprint density at radius 2 is 1.28 bits per heavy atom. The van der Waals surface area contributed by atoms with E-state index in [2.05, 4.69) is 0 Å². The Labute approximate surface area is 173 Å². The summed E-state index contributed by atoms with van der Waals surface area (Å²) in [6.07, 6.45) is 15.4. The normalized spacial score (nSPS) is 10.6. The van der Waals surface area contributed by atoms with Gasteiger partial charge in [-0.25, -0.2) is 4.79 Å². The van der Waals surface area contributed by atoms with E-state index in [4.69, 9.17) is 14.9 Å². The number of benzene rings is 1. The molecule has 6 heteroatoms. The first-order valence-corrected chi connectivity index (χ1v) is 10.6. The van der Waals surface area contributed by atoms with Crippen molar-refractivity contribution in [2.24, 2.45) is 0 Å². The van der Waals surface area contributed by atoms with Crippen LogP contribution in [0.2, 0.25) is 0 Å². The van der Waals surface area contributed by atoms with E-state index in [-0.39, 0.29) is 17.5 Å². The zero-order valence-electron chi connectivity index (χ0n) is 17.2. The molecule has 0 heterocycles. The average Bonchev–Trinajstić information content (AvgIpc) is 2.70. The number of aliphatic carboxylic acids is 1. The lowest BCUT2D eigenvalue weighted by Gasteiger charge is -2.08. The highest BCUT2D eigenvalue weighted by molar-refractivity contribution is 5.91. The van der Waals surface area contributed by atoms with E-state index < -0.39 is 11.9 Å². The molecule has 0 aliphatic heterocycles. The number of carbonyl (C=O) groups is 2. The molecule has 0 aliphatic carbocycles. The third-order valence-electron chi connectivity index (χ3n) is 4.83. The highest BCUT2D eigenvalue weighted by Crippen LogP contribution is 2.18. The maximum atomic E-state index is 11.0. The van der Waals surface area contributed by atoms with E-state index in [9.17, 15) is 14.4 Å². The minimum atomic E-state index is -1.09. The molecule has 0 fully saturated rings. The lowest BCUT2D eigenvalue weighted by atomic mass is 10.0. The van der Waals surface area contributed by atoms with Crippen LogP contribution in [0.4, 0.5) is 0 Å². The molecule has 6 nitrogen and oxygen atoms in total. The summed E-state index contributed by atoms with van der Waals surface area (Å²) in [5.74, 6) is -1.40. The fraction of sp³-hybridized carbons (Fsp3) is 0.609. The number of hydrogen-bond acceptors (Lipinski definition) is 4. The minimum absolute atomic E-state index is 0.0288. The number of aromatic carboxylic acids is 1. The van der Waals surface area contributed by atoms with E-state index in [1.807, 2.05) is 0 Å². The van der Waals surface area contributed by atoms with E-state index in [1.54, 1.807) is 6.29 Å². The molecular weight excluding hydrogens is 372 g/mol. The summed E-state index contributed by atoms with van der Waals surface area (Å²) in [5, 5.41) is 17.6. The summed E-state index contributed by atoms with van der Waals surface area (Å²) in [6.45, 7) is 0.503. The third kappa shape index (κ3) is 12.7. The van der Waals surface area contributed by atoms with Crippen LogP contribution in [-0.2, 0) is 9.59 Å². The van der Waals surface area contributed by atoms with Gasteiger partial charge in [0.05, 0.1) is 12.2 Å². The maximum Gasteiger partial charge on any atom is 0.335 e. The van der Waals surface area contributed by atoms with Gasteiger partial charge in [0.2, 0.25) is 6.29 Å². The van der Waals surface area contributed by atoms with Gasteiger partial charge in [0.15, 0.2) is 0 Å². The Morgan fingerprint density at radius 1 is 0.759 bits per heavy atom. The lowest BCUT2D eigenvalue weighted by molar-refractivity contribution is -0.137. The topological polar surface area (TPSA) is 101 Å². The Balaban J connectivity index is 1.96. The number of carbonyl (C=O) groups excluding carboxylic acids is 1. The second-order valence-electron chi connectivity index (χ2n) is 7.39. The van der Waals surface area contributed by atoms with Crippen molar-refractivity contribution in [1.82, 2.24) is 0 Å². The SMILES string of the molecule is O=[C]c1cc(OCCCCCCCCCCCCCCC(=O)O)cc(C(=O)O)c1. The Kier molecular flexibility index (Phi) is 13.2. The number of carboxylic acid groups (broad SMARTS) is 2. The van der Waals surface area contributed by atoms with Gasteiger partial charge in [-0.1, -0.05) is 64.2 Å². The summed E-state index contributed by atoms with van der Waals surface area (Å²) in [7, 11) is 0. The largest absolute Gasteiger partial charge is 0.494 e. The monoisotopic (exact) mass is 405 g/mol. The Morgan fingerprint density at radius 3 is 1.76 bits per heavy atom. The molecule has 0 spiro atoms. The molecule has 0 saturated heterocycles. The summed E-state index contributed by atoms with van der Waals surface area (Å²) >= 11 is 0. The van der Waals surface area contributed by atoms with E-state index >= 15 is 0 Å². The van der Waals surface area contributed by atoms with Gasteiger partial charge in [0, 0.05) is 12.0 Å². The summed E-state index contributed by atoms with van der Waals surface area (Å²) < 4.78 is 5.58. The predicted octanol–water partition coefficient (Wildman–Crippen LogP) is 5.38. The van der Waals surface area contributed by atoms with Crippen molar-refractivity contribution in [1.29, 1.82) is 0 Å². The molecule has 1 aromatic carbocycles. The van der Waals surface area contributed by atoms with Gasteiger partial charge in [0.25, 0.3) is 0 Å². The zero-order chi connectivity index (χ0) is 21.3. The first kappa shape index (κ1) is 24.7. The molecule has 2 N–H and O–H groups in total. The Hall–Kier alpha value is -2.37. The van der Waals surface area contributed by atoms with E-state index in [0.29, 0.717) is 12.4 Å². The van der Waals surface area contributed by atoms with Crippen molar-refractivity contribution in [3.8, 4) is 5.75 Å². The van der Waals surface area contributed by atoms with E-state index in [0.717, 1.165) is 38.5 Å². The molecule has 0 aromatic heterocycles. The maximum absolute atomic E-state index is 11.0. The fourth-order valence-corrected chi connectivity index (χ4v) is 3.20. The Bertz CT molecular complexity index is 626. The van der Waals surface area contributed by atoms with Crippen LogP contribution in [0.5, 0.6) is 5.75 Å². The highest BCUT2D eigenvalue weighted by Gasteiger charge is 2.08. The smallest absolute Gasteiger partial charge is 0.335 e. The van der Waals surface area contributed by atoms with Crippen LogP contribution in [0.15, 0.2) is 18.2 Å². The van der Waals surface area contributed by atoms with Crippen LogP contribution in [0.3, 0.4) is 0 Å². The number of carboxylic acids is 2. The standard InChI is InChI=1S/C23H33O6/c24-18-19-15-20(23(27)28)17-21(16-19)29-14-12-10-8-6-4-2-1-3-5-7-9-11-13-22(25)26/h15-17H,1-14H2,(H,25,26)(H,27,28). The number of rotatable bonds is 18. The molecule has 0 bridgehead atoms. The molecule has 1 aromatic rings. The van der Waals surface area contributed by atoms with Crippen molar-refractivity contribution >= 4 is 18.2 Å². The van der Waals surface area contributed by atoms with Crippen LogP contribution in [0, 0.1) is 0 Å². The van der Waals surface area contributed by atoms with Gasteiger partial charge in [-0.15, -0.1) is 0 Å². The lowest BCUT2D eigenvalue weighted by Crippen LogP contribution is -2.02. The van der Waals surface area contributed by atoms with Crippen LogP contribution in [-0.4, -0.2) is 35.0 Å². The fourth-order valence-electron chi connectivity index (χ4n) is 3.20. The van der Waals surface area contributed by atoms with Crippen molar-refractivity contribution in [3.05, 3.63) is 29.3 Å². The number of unbranched alkanes of at least 4 members (excludes halogenated alkanes) is 11. The number of ether oxygens (including phenoxy) is 1. The molecule has 0 atom stereocenters. The average molecular weight is 406 g/mol. The summed E-state index contributed by atoms with van der Waals surface area (Å²) in [4.78, 5) is 32.2. The van der Waals surface area contributed by atoms with Gasteiger partial charge in [-0.2, -0.15) is 0 Å². The molecule has 1 rings (SSSR count). The highest BCUT2D eigenvalue weighted by atomic mass is 16.5. The molecule has 0 unspecified atom stereocenters. The van der Waals surface area contributed by atoms with Crippen molar-refractivity contribution < 1.29 is 29.3 Å². The number of hydrogen-bond donors (Lipinski definition) is 2. The zero-order valence-corrected chi connectivity index (χ0v) is 17.2. The molecule has 0 amide bonds. The van der Waals surface area contributed by atoms with Crippen LogP contribution < -0.4 is 4.74 Å². The van der Waals surface area contributed by atoms with Crippen LogP contribution >= 0.6 is 0 Å². The van der Waals surface area contributed by atoms with Gasteiger partial charge < -0.3 is 14.9 Å². The summed E-state index contributed by atoms with van der Waals surface area (Å²) in [6, 6.07) is 4.21. The third-order valence-corrected chi connectivity index (χ3v) is 4.83. The van der Waals surface area contributed by atoms with Crippen molar-refractivity contribution in [2.45, 2.75) is 83.5 Å². The first-order valence-electron chi connectivity index (χ1n) is 10.6. The van der Waals surface area contributed by atoms with Gasteiger partial charge >= 0.3 is 11.9 Å². The molecule has 29 heavy (non-hydrogen) atoms. The first-order chi connectivity index (χ1) is 14.0. The summed E-state index contributed by atoms with van der Waals surface area (Å²) in [5.41, 5.74) is 0.210. The quantitative estimate of drug-likeness (QED) is 0.318.